The predicted molar refractivity (Wildman–Crippen MR) is 74.4 cm³/mol. The number of aromatic nitrogens is 1. The highest BCUT2D eigenvalue weighted by Crippen LogP contribution is 2.47. The van der Waals surface area contributed by atoms with Gasteiger partial charge in [0, 0.05) is 11.8 Å². The van der Waals surface area contributed by atoms with Crippen LogP contribution in [0.5, 0.6) is 5.88 Å². The molecule has 0 spiro atoms. The lowest BCUT2D eigenvalue weighted by molar-refractivity contribution is 0.261. The van der Waals surface area contributed by atoms with Gasteiger partial charge in [-0.25, -0.2) is 9.37 Å². The summed E-state index contributed by atoms with van der Waals surface area (Å²) in [6.45, 7) is 9.46. The first-order valence-electron chi connectivity index (χ1n) is 6.26. The summed E-state index contributed by atoms with van der Waals surface area (Å²) in [6, 6.07) is 5.46. The first-order chi connectivity index (χ1) is 9.04. The molecule has 19 heavy (non-hydrogen) atoms. The smallest absolute Gasteiger partial charge is 0.213 e. The van der Waals surface area contributed by atoms with Gasteiger partial charge in [-0.05, 0) is 25.8 Å². The third-order valence-corrected chi connectivity index (χ3v) is 3.43. The first kappa shape index (κ1) is 13.6. The van der Waals surface area contributed by atoms with Gasteiger partial charge >= 0.3 is 0 Å². The Kier molecular flexibility index (Phi) is 3.60. The van der Waals surface area contributed by atoms with Crippen LogP contribution in [-0.4, -0.2) is 29.2 Å². The molecule has 2 rings (SSSR count). The molecule has 1 saturated carbocycles. The van der Waals surface area contributed by atoms with Crippen LogP contribution in [0, 0.1) is 0 Å². The van der Waals surface area contributed by atoms with Crippen LogP contribution in [-0.2, 0) is 0 Å². The molecule has 0 aromatic carbocycles. The van der Waals surface area contributed by atoms with Crippen molar-refractivity contribution in [3.63, 3.8) is 0 Å². The Balaban J connectivity index is 2.32. The molecule has 1 aromatic rings. The number of alkyl halides is 1. The molecule has 0 saturated heterocycles. The van der Waals surface area contributed by atoms with E-state index < -0.39 is 12.2 Å². The van der Waals surface area contributed by atoms with Crippen molar-refractivity contribution in [1.29, 1.82) is 0 Å². The lowest BCUT2D eigenvalue weighted by atomic mass is 10.1. The Labute approximate surface area is 113 Å². The second-order valence-corrected chi connectivity index (χ2v) is 4.94. The fourth-order valence-electron chi connectivity index (χ4n) is 2.29. The van der Waals surface area contributed by atoms with Crippen LogP contribution in [0.15, 0.2) is 37.1 Å². The van der Waals surface area contributed by atoms with Crippen molar-refractivity contribution in [1.82, 2.24) is 9.88 Å². The van der Waals surface area contributed by atoms with Crippen molar-refractivity contribution in [3.8, 4) is 5.88 Å². The predicted octanol–water partition coefficient (Wildman–Crippen LogP) is 3.40. The quantitative estimate of drug-likeness (QED) is 0.785. The zero-order valence-corrected chi connectivity index (χ0v) is 11.4. The van der Waals surface area contributed by atoms with Crippen molar-refractivity contribution in [2.24, 2.45) is 0 Å². The molecule has 0 unspecified atom stereocenters. The zero-order valence-electron chi connectivity index (χ0n) is 11.4. The summed E-state index contributed by atoms with van der Waals surface area (Å²) in [7, 11) is 1.56. The maximum atomic E-state index is 13.3. The average Bonchev–Trinajstić information content (AvgIpc) is 3.19. The van der Waals surface area contributed by atoms with Gasteiger partial charge in [0.15, 0.2) is 0 Å². The molecule has 0 amide bonds. The summed E-state index contributed by atoms with van der Waals surface area (Å²) < 4.78 is 18.4. The van der Waals surface area contributed by atoms with Gasteiger partial charge in [-0.15, -0.1) is 0 Å². The third kappa shape index (κ3) is 2.48. The standard InChI is InChI=1S/C15H19FN2O/c1-11(2)18(15(10-16)8-9-15)12(3)13-6-5-7-14(17-13)19-4/h5-7H,1,3,8-10H2,2,4H3. The van der Waals surface area contributed by atoms with Crippen molar-refractivity contribution in [2.75, 3.05) is 13.8 Å². The van der Waals surface area contributed by atoms with Crippen LogP contribution in [0.2, 0.25) is 0 Å². The number of pyridine rings is 1. The van der Waals surface area contributed by atoms with Gasteiger partial charge in [0.2, 0.25) is 5.88 Å². The van der Waals surface area contributed by atoms with E-state index in [0.29, 0.717) is 17.3 Å². The van der Waals surface area contributed by atoms with Crippen LogP contribution in [0.4, 0.5) is 4.39 Å². The summed E-state index contributed by atoms with van der Waals surface area (Å²) in [6.07, 6.45) is 1.64. The zero-order chi connectivity index (χ0) is 14.0. The number of halogens is 1. The van der Waals surface area contributed by atoms with Gasteiger partial charge in [0.25, 0.3) is 0 Å². The molecule has 0 atom stereocenters. The minimum atomic E-state index is -0.465. The Morgan fingerprint density at radius 3 is 2.63 bits per heavy atom. The normalized spacial score (nSPS) is 15.7. The minimum Gasteiger partial charge on any atom is -0.481 e. The molecule has 0 aliphatic heterocycles. The van der Waals surface area contributed by atoms with Gasteiger partial charge in [-0.3, -0.25) is 0 Å². The topological polar surface area (TPSA) is 25.4 Å². The lowest BCUT2D eigenvalue weighted by Gasteiger charge is -2.33. The highest BCUT2D eigenvalue weighted by Gasteiger charge is 2.49. The Morgan fingerprint density at radius 2 is 2.16 bits per heavy atom. The molecule has 1 aromatic heterocycles. The third-order valence-electron chi connectivity index (χ3n) is 3.43. The second kappa shape index (κ2) is 5.03. The summed E-state index contributed by atoms with van der Waals surface area (Å²) in [5.74, 6) is 0.519. The number of ether oxygens (including phenoxy) is 1. The van der Waals surface area contributed by atoms with Crippen molar-refractivity contribution in [2.45, 2.75) is 25.3 Å². The van der Waals surface area contributed by atoms with Crippen LogP contribution in [0.25, 0.3) is 5.70 Å². The van der Waals surface area contributed by atoms with Gasteiger partial charge in [0.05, 0.1) is 24.0 Å². The van der Waals surface area contributed by atoms with E-state index in [0.717, 1.165) is 18.5 Å². The van der Waals surface area contributed by atoms with Gasteiger partial charge in [0.1, 0.15) is 6.67 Å². The van der Waals surface area contributed by atoms with Crippen molar-refractivity contribution < 1.29 is 9.13 Å². The molecule has 3 nitrogen and oxygen atoms in total. The molecule has 1 aliphatic rings. The molecular formula is C15H19FN2O. The monoisotopic (exact) mass is 262 g/mol. The maximum Gasteiger partial charge on any atom is 0.213 e. The number of nitrogens with zero attached hydrogens (tertiary/aromatic N) is 2. The van der Waals surface area contributed by atoms with Gasteiger partial charge in [-0.1, -0.05) is 19.2 Å². The number of hydrogen-bond acceptors (Lipinski definition) is 3. The Bertz CT molecular complexity index is 509. The molecule has 1 fully saturated rings. The maximum absolute atomic E-state index is 13.3. The van der Waals surface area contributed by atoms with Crippen molar-refractivity contribution in [3.05, 3.63) is 42.7 Å². The number of allylic oxidation sites excluding steroid dienone is 1. The van der Waals surface area contributed by atoms with Crippen molar-refractivity contribution >= 4 is 5.70 Å². The van der Waals surface area contributed by atoms with Gasteiger partial charge in [-0.2, -0.15) is 0 Å². The van der Waals surface area contributed by atoms with E-state index in [4.69, 9.17) is 4.74 Å². The average molecular weight is 262 g/mol. The Morgan fingerprint density at radius 1 is 1.47 bits per heavy atom. The lowest BCUT2D eigenvalue weighted by Crippen LogP contribution is -2.36. The van der Waals surface area contributed by atoms with Crippen LogP contribution in [0.1, 0.15) is 25.5 Å². The summed E-state index contributed by atoms with van der Waals surface area (Å²) >= 11 is 0. The van der Waals surface area contributed by atoms with Crippen LogP contribution >= 0.6 is 0 Å². The Hall–Kier alpha value is -1.84. The fourth-order valence-corrected chi connectivity index (χ4v) is 2.29. The van der Waals surface area contributed by atoms with Crippen LogP contribution in [0.3, 0.4) is 0 Å². The number of methoxy groups -OCH3 is 1. The summed E-state index contributed by atoms with van der Waals surface area (Å²) in [5, 5.41) is 0. The van der Waals surface area contributed by atoms with E-state index >= 15 is 0 Å². The molecule has 0 bridgehead atoms. The van der Waals surface area contributed by atoms with Crippen LogP contribution < -0.4 is 4.74 Å². The number of rotatable bonds is 6. The molecular weight excluding hydrogens is 243 g/mol. The summed E-state index contributed by atoms with van der Waals surface area (Å²) in [4.78, 5) is 6.21. The highest BCUT2D eigenvalue weighted by atomic mass is 19.1. The molecule has 1 aliphatic carbocycles. The molecule has 1 heterocycles. The number of hydrogen-bond donors (Lipinski definition) is 0. The first-order valence-corrected chi connectivity index (χ1v) is 6.26. The fraction of sp³-hybridized carbons (Fsp3) is 0.400. The van der Waals surface area contributed by atoms with E-state index in [9.17, 15) is 4.39 Å². The largest absolute Gasteiger partial charge is 0.481 e. The van der Waals surface area contributed by atoms with E-state index in [1.165, 1.54) is 0 Å². The van der Waals surface area contributed by atoms with E-state index in [-0.39, 0.29) is 0 Å². The van der Waals surface area contributed by atoms with E-state index in [1.54, 1.807) is 13.2 Å². The molecule has 4 heteroatoms. The minimum absolute atomic E-state index is 0.400. The van der Waals surface area contributed by atoms with E-state index in [1.807, 2.05) is 24.0 Å². The molecule has 0 N–H and O–H groups in total. The SMILES string of the molecule is C=C(C)N(C(=C)c1cccc(OC)n1)C1(CF)CC1. The van der Waals surface area contributed by atoms with Gasteiger partial charge < -0.3 is 9.64 Å². The highest BCUT2D eigenvalue weighted by molar-refractivity contribution is 5.62. The summed E-state index contributed by atoms with van der Waals surface area (Å²) in [5.41, 5.74) is 1.67. The second-order valence-electron chi connectivity index (χ2n) is 4.94. The molecule has 102 valence electrons. The molecule has 0 radical (unpaired) electrons. The van der Waals surface area contributed by atoms with E-state index in [2.05, 4.69) is 18.1 Å².